The Kier molecular flexibility index (Phi) is 9.24. The molecule has 1 atom stereocenters. The summed E-state index contributed by atoms with van der Waals surface area (Å²) in [6, 6.07) is 19.7. The van der Waals surface area contributed by atoms with Crippen molar-refractivity contribution in [2.45, 2.75) is 31.5 Å². The Balaban J connectivity index is 1.51. The Hall–Kier alpha value is -5.09. The average Bonchev–Trinajstić information content (AvgIpc) is 3.02. The van der Waals surface area contributed by atoms with E-state index in [0.717, 1.165) is 16.7 Å². The Labute approximate surface area is 260 Å². The number of amides is 1. The third-order valence-electron chi connectivity index (χ3n) is 7.17. The number of ether oxygens (including phenoxy) is 1. The summed E-state index contributed by atoms with van der Waals surface area (Å²) >= 11 is 5.96. The first-order chi connectivity index (χ1) is 21.5. The largest absolute Gasteiger partial charge is 0.480 e. The molecule has 0 fully saturated rings. The number of allylic oxidation sites excluding steroid dienone is 3. The van der Waals surface area contributed by atoms with Crippen molar-refractivity contribution in [1.29, 1.82) is 0 Å². The third kappa shape index (κ3) is 7.71. The lowest BCUT2D eigenvalue weighted by atomic mass is 10.0. The van der Waals surface area contributed by atoms with E-state index in [4.69, 9.17) is 16.3 Å². The van der Waals surface area contributed by atoms with Gasteiger partial charge in [0.25, 0.3) is 11.5 Å². The maximum atomic E-state index is 13.7. The normalized spacial score (nSPS) is 13.8. The predicted octanol–water partition coefficient (Wildman–Crippen LogP) is 7.68. The second-order valence-corrected chi connectivity index (χ2v) is 10.7. The molecule has 0 spiro atoms. The van der Waals surface area contributed by atoms with Crippen LogP contribution in [0.2, 0.25) is 5.02 Å². The number of aromatic nitrogens is 1. The molecule has 0 aliphatic heterocycles. The highest BCUT2D eigenvalue weighted by molar-refractivity contribution is 6.30. The summed E-state index contributed by atoms with van der Waals surface area (Å²) in [6.07, 6.45) is 0.334. The predicted molar refractivity (Wildman–Crippen MR) is 164 cm³/mol. The van der Waals surface area contributed by atoms with Crippen LogP contribution in [0, 0.1) is 0 Å². The Morgan fingerprint density at radius 2 is 1.67 bits per heavy atom. The van der Waals surface area contributed by atoms with Crippen molar-refractivity contribution in [3.8, 4) is 16.9 Å². The van der Waals surface area contributed by atoms with E-state index in [1.807, 2.05) is 18.2 Å². The quantitative estimate of drug-likeness (QED) is 0.197. The Morgan fingerprint density at radius 3 is 2.31 bits per heavy atom. The van der Waals surface area contributed by atoms with Crippen molar-refractivity contribution in [3.05, 3.63) is 141 Å². The van der Waals surface area contributed by atoms with Crippen LogP contribution in [0.1, 0.15) is 30.0 Å². The molecule has 3 aromatic carbocycles. The van der Waals surface area contributed by atoms with E-state index in [1.165, 1.54) is 24.4 Å². The molecule has 5 rings (SSSR count). The minimum absolute atomic E-state index is 0.0761. The average molecular weight is 635 g/mol. The van der Waals surface area contributed by atoms with Crippen LogP contribution < -0.4 is 15.6 Å². The van der Waals surface area contributed by atoms with Gasteiger partial charge in [-0.1, -0.05) is 60.1 Å². The first-order valence-electron chi connectivity index (χ1n) is 13.8. The SMILES string of the molecule is O=C(Nc1cc(-c2cccc(C(F)(F)F)c2)cn(C(Cc2ccc(Cl)cc2)C(=O)O)c1=O)C1=CC=C(Oc2ccccc2)CC1. The first-order valence-corrected chi connectivity index (χ1v) is 14.2. The maximum absolute atomic E-state index is 13.7. The van der Waals surface area contributed by atoms with Gasteiger partial charge in [-0.3, -0.25) is 14.2 Å². The highest BCUT2D eigenvalue weighted by atomic mass is 35.5. The highest BCUT2D eigenvalue weighted by Gasteiger charge is 2.31. The van der Waals surface area contributed by atoms with Crippen LogP contribution in [-0.2, 0) is 22.2 Å². The minimum atomic E-state index is -4.64. The summed E-state index contributed by atoms with van der Waals surface area (Å²) in [4.78, 5) is 39.4. The molecule has 0 saturated heterocycles. The minimum Gasteiger partial charge on any atom is -0.480 e. The van der Waals surface area contributed by atoms with Crippen molar-refractivity contribution in [1.82, 2.24) is 4.57 Å². The number of nitrogens with zero attached hydrogens (tertiary/aromatic N) is 1. The number of aliphatic carboxylic acids is 1. The fourth-order valence-electron chi connectivity index (χ4n) is 4.84. The van der Waals surface area contributed by atoms with E-state index >= 15 is 0 Å². The molecule has 4 aromatic rings. The molecule has 1 aliphatic rings. The summed E-state index contributed by atoms with van der Waals surface area (Å²) < 4.78 is 47.3. The van der Waals surface area contributed by atoms with E-state index in [2.05, 4.69) is 5.32 Å². The number of anilines is 1. The molecular formula is C34H26ClF3N2O5. The van der Waals surface area contributed by atoms with Crippen molar-refractivity contribution < 1.29 is 32.6 Å². The zero-order valence-corrected chi connectivity index (χ0v) is 24.3. The molecule has 1 amide bonds. The summed E-state index contributed by atoms with van der Waals surface area (Å²) in [5.41, 5.74) is -0.967. The van der Waals surface area contributed by atoms with Gasteiger partial charge in [0.1, 0.15) is 23.2 Å². The van der Waals surface area contributed by atoms with Gasteiger partial charge in [-0.2, -0.15) is 13.2 Å². The standard InChI is InChI=1S/C34H26ClF3N2O5/c35-26-13-9-21(10-14-26)17-30(33(43)44)40-20-24(23-5-4-6-25(18-23)34(36,37)38)19-29(32(40)42)39-31(41)22-11-15-28(16-12-22)45-27-7-2-1-3-8-27/h1-11,13-15,18-20,30H,12,16-17H2,(H,39,41)(H,43,44). The lowest BCUT2D eigenvalue weighted by Gasteiger charge is -2.20. The molecular weight excluding hydrogens is 609 g/mol. The Morgan fingerprint density at radius 1 is 0.933 bits per heavy atom. The van der Waals surface area contributed by atoms with Crippen LogP contribution in [0.3, 0.4) is 0 Å². The summed E-state index contributed by atoms with van der Waals surface area (Å²) in [6.45, 7) is 0. The van der Waals surface area contributed by atoms with Gasteiger partial charge in [0, 0.05) is 35.2 Å². The van der Waals surface area contributed by atoms with E-state index in [0.29, 0.717) is 40.5 Å². The van der Waals surface area contributed by atoms with Gasteiger partial charge < -0.3 is 15.2 Å². The third-order valence-corrected chi connectivity index (χ3v) is 7.42. The molecule has 7 nitrogen and oxygen atoms in total. The molecule has 1 aliphatic carbocycles. The molecule has 11 heteroatoms. The monoisotopic (exact) mass is 634 g/mol. The van der Waals surface area contributed by atoms with Crippen molar-refractivity contribution >= 4 is 29.2 Å². The van der Waals surface area contributed by atoms with Gasteiger partial charge in [0.2, 0.25) is 0 Å². The smallest absolute Gasteiger partial charge is 0.416 e. The second kappa shape index (κ2) is 13.3. The number of hydrogen-bond donors (Lipinski definition) is 2. The highest BCUT2D eigenvalue weighted by Crippen LogP contribution is 2.33. The molecule has 45 heavy (non-hydrogen) atoms. The van der Waals surface area contributed by atoms with Crippen LogP contribution in [0.25, 0.3) is 11.1 Å². The number of para-hydroxylation sites is 1. The summed E-state index contributed by atoms with van der Waals surface area (Å²) in [5.74, 6) is -0.683. The van der Waals surface area contributed by atoms with Crippen LogP contribution in [0.4, 0.5) is 18.9 Å². The van der Waals surface area contributed by atoms with Gasteiger partial charge in [-0.15, -0.1) is 0 Å². The van der Waals surface area contributed by atoms with Crippen LogP contribution in [0.15, 0.2) is 119 Å². The second-order valence-electron chi connectivity index (χ2n) is 10.3. The van der Waals surface area contributed by atoms with Crippen LogP contribution in [0.5, 0.6) is 5.75 Å². The fourth-order valence-corrected chi connectivity index (χ4v) is 4.97. The Bertz CT molecular complexity index is 1850. The molecule has 1 heterocycles. The number of halogens is 4. The van der Waals surface area contributed by atoms with Crippen molar-refractivity contribution in [3.63, 3.8) is 0 Å². The lowest BCUT2D eigenvalue weighted by molar-refractivity contribution is -0.141. The van der Waals surface area contributed by atoms with E-state index in [1.54, 1.807) is 48.6 Å². The topological polar surface area (TPSA) is 97.6 Å². The number of hydrogen-bond acceptors (Lipinski definition) is 4. The van der Waals surface area contributed by atoms with Crippen LogP contribution in [-0.4, -0.2) is 21.6 Å². The molecule has 1 aromatic heterocycles. The molecule has 2 N–H and O–H groups in total. The zero-order chi connectivity index (χ0) is 32.1. The maximum Gasteiger partial charge on any atom is 0.416 e. The number of pyridine rings is 1. The molecule has 0 bridgehead atoms. The molecule has 0 radical (unpaired) electrons. The number of rotatable bonds is 9. The number of carboxylic acids is 1. The van der Waals surface area contributed by atoms with Gasteiger partial charge in [-0.25, -0.2) is 4.79 Å². The molecule has 1 unspecified atom stereocenters. The van der Waals surface area contributed by atoms with Crippen molar-refractivity contribution in [2.24, 2.45) is 0 Å². The number of alkyl halides is 3. The van der Waals surface area contributed by atoms with Gasteiger partial charge >= 0.3 is 12.1 Å². The molecule has 230 valence electrons. The zero-order valence-electron chi connectivity index (χ0n) is 23.6. The fraction of sp³-hybridized carbons (Fsp3) is 0.147. The number of nitrogens with one attached hydrogen (secondary N) is 1. The summed E-state index contributed by atoms with van der Waals surface area (Å²) in [7, 11) is 0. The number of carboxylic acid groups (broad SMARTS) is 1. The van der Waals surface area contributed by atoms with E-state index in [9.17, 15) is 32.7 Å². The number of carbonyl (C=O) groups excluding carboxylic acids is 1. The van der Waals surface area contributed by atoms with Crippen LogP contribution >= 0.6 is 11.6 Å². The number of benzene rings is 3. The van der Waals surface area contributed by atoms with E-state index in [-0.39, 0.29) is 23.2 Å². The van der Waals surface area contributed by atoms with E-state index < -0.39 is 35.2 Å². The van der Waals surface area contributed by atoms with Gasteiger partial charge in [-0.05, 0) is 66.1 Å². The van der Waals surface area contributed by atoms with Crippen molar-refractivity contribution in [2.75, 3.05) is 5.32 Å². The van der Waals surface area contributed by atoms with Gasteiger partial charge in [0.05, 0.1) is 5.56 Å². The summed E-state index contributed by atoms with van der Waals surface area (Å²) in [5, 5.41) is 13.1. The lowest BCUT2D eigenvalue weighted by Crippen LogP contribution is -2.33. The van der Waals surface area contributed by atoms with Gasteiger partial charge in [0.15, 0.2) is 0 Å². The first kappa shape index (κ1) is 31.3. The molecule has 0 saturated carbocycles. The number of carbonyl (C=O) groups is 2.